The molecule has 0 heterocycles. The van der Waals surface area contributed by atoms with Crippen molar-refractivity contribution < 1.29 is 19.7 Å². The smallest absolute Gasteiger partial charge is 0.118 e. The van der Waals surface area contributed by atoms with E-state index in [0.717, 1.165) is 32.6 Å². The summed E-state index contributed by atoms with van der Waals surface area (Å²) in [7, 11) is 7.90. The number of aliphatic hydroxyl groups excluding tert-OH is 2. The van der Waals surface area contributed by atoms with Crippen molar-refractivity contribution >= 4 is 30.9 Å². The quantitative estimate of drug-likeness (QED) is 0.309. The van der Waals surface area contributed by atoms with Crippen LogP contribution in [0.5, 0.6) is 11.5 Å². The molecule has 2 N–H and O–H groups in total. The molecule has 6 radical (unpaired) electrons. The Morgan fingerprint density at radius 3 is 1.38 bits per heavy atom. The van der Waals surface area contributed by atoms with Crippen LogP contribution in [0.3, 0.4) is 0 Å². The van der Waals surface area contributed by atoms with Gasteiger partial charge in [-0.25, -0.2) is 0 Å². The molecule has 37 heavy (non-hydrogen) atoms. The van der Waals surface area contributed by atoms with Crippen molar-refractivity contribution in [1.82, 2.24) is 0 Å². The second-order valence-electron chi connectivity index (χ2n) is 9.52. The highest BCUT2D eigenvalue weighted by molar-refractivity contribution is 6.37. The minimum Gasteiger partial charge on any atom is -0.491 e. The van der Waals surface area contributed by atoms with E-state index in [1.165, 1.54) is 11.1 Å². The van der Waals surface area contributed by atoms with Crippen molar-refractivity contribution in [3.63, 3.8) is 0 Å². The lowest BCUT2D eigenvalue weighted by atomic mass is 9.67. The fourth-order valence-electron chi connectivity index (χ4n) is 5.31. The Labute approximate surface area is 224 Å². The maximum atomic E-state index is 9.85. The fourth-order valence-corrected chi connectivity index (χ4v) is 6.16. The van der Waals surface area contributed by atoms with Gasteiger partial charge >= 0.3 is 0 Å². The molecule has 1 aliphatic carbocycles. The van der Waals surface area contributed by atoms with Crippen LogP contribution < -0.4 is 19.8 Å². The first kappa shape index (κ1) is 25.5. The van der Waals surface area contributed by atoms with Crippen LogP contribution >= 0.6 is 0 Å². The molecule has 0 saturated heterocycles. The highest BCUT2D eigenvalue weighted by Gasteiger charge is 2.47. The molecule has 1 aliphatic rings. The first-order chi connectivity index (χ1) is 17.9. The van der Waals surface area contributed by atoms with E-state index in [0.29, 0.717) is 11.5 Å². The molecule has 2 atom stereocenters. The number of hydrogen-bond acceptors (Lipinski definition) is 4. The van der Waals surface area contributed by atoms with E-state index < -0.39 is 17.6 Å². The Bertz CT molecular complexity index is 1320. The SMILES string of the molecule is CC(O)COc1cccc(C2(c3cccc(OCC(C)O)c3[Si])c3ccccc3-c3ccccc32)c1[Si]. The lowest BCUT2D eigenvalue weighted by molar-refractivity contribution is 0.123. The molecular weight excluding hydrogens is 493 g/mol. The van der Waals surface area contributed by atoms with E-state index in [1.807, 2.05) is 24.3 Å². The number of hydrogen-bond donors (Lipinski definition) is 2. The minimum atomic E-state index is -0.699. The Morgan fingerprint density at radius 1 is 0.595 bits per heavy atom. The summed E-state index contributed by atoms with van der Waals surface area (Å²) >= 11 is 0. The van der Waals surface area contributed by atoms with Crippen LogP contribution in [0.15, 0.2) is 84.9 Å². The third kappa shape index (κ3) is 4.34. The van der Waals surface area contributed by atoms with Crippen molar-refractivity contribution in [2.45, 2.75) is 31.5 Å². The third-order valence-electron chi connectivity index (χ3n) is 6.77. The molecule has 0 spiro atoms. The summed E-state index contributed by atoms with van der Waals surface area (Å²) in [5, 5.41) is 21.3. The Balaban J connectivity index is 1.84. The lowest BCUT2D eigenvalue weighted by Gasteiger charge is -2.37. The highest BCUT2D eigenvalue weighted by atomic mass is 28.1. The number of fused-ring (bicyclic) bond motifs is 3. The largest absolute Gasteiger partial charge is 0.491 e. The maximum Gasteiger partial charge on any atom is 0.118 e. The molecule has 0 amide bonds. The highest BCUT2D eigenvalue weighted by Crippen LogP contribution is 2.55. The summed E-state index contributed by atoms with van der Waals surface area (Å²) in [6, 6.07) is 29.0. The summed E-state index contributed by atoms with van der Waals surface area (Å²) in [6.07, 6.45) is -1.18. The van der Waals surface area contributed by atoms with Gasteiger partial charge in [0.1, 0.15) is 24.7 Å². The van der Waals surface area contributed by atoms with Crippen LogP contribution in [-0.4, -0.2) is 56.1 Å². The topological polar surface area (TPSA) is 58.9 Å². The molecule has 4 aromatic rings. The molecular formula is C31H28O4Si2. The monoisotopic (exact) mass is 520 g/mol. The van der Waals surface area contributed by atoms with Crippen molar-refractivity contribution in [3.05, 3.63) is 107 Å². The van der Waals surface area contributed by atoms with Gasteiger partial charge in [0.15, 0.2) is 0 Å². The molecule has 0 fully saturated rings. The Kier molecular flexibility index (Phi) is 7.09. The number of rotatable bonds is 8. The van der Waals surface area contributed by atoms with Gasteiger partial charge in [-0.15, -0.1) is 0 Å². The zero-order valence-electron chi connectivity index (χ0n) is 20.9. The Hall–Kier alpha value is -3.17. The zero-order chi connectivity index (χ0) is 26.2. The van der Waals surface area contributed by atoms with Crippen molar-refractivity contribution in [2.75, 3.05) is 13.2 Å². The maximum absolute atomic E-state index is 9.85. The van der Waals surface area contributed by atoms with Gasteiger partial charge in [-0.1, -0.05) is 72.8 Å². The first-order valence-corrected chi connectivity index (χ1v) is 13.4. The van der Waals surface area contributed by atoms with E-state index in [4.69, 9.17) is 9.47 Å². The molecule has 184 valence electrons. The second-order valence-corrected chi connectivity index (χ2v) is 10.5. The van der Waals surface area contributed by atoms with Gasteiger partial charge in [0.25, 0.3) is 0 Å². The predicted molar refractivity (Wildman–Crippen MR) is 149 cm³/mol. The standard InChI is InChI=1S/C31H28O4Si2/c1-19(32)17-34-27-15-7-13-25(29(27)36)31(26-14-8-16-28(30(26)37)35-18-20(2)33)23-11-5-3-9-21(23)22-10-4-6-12-24(22)31/h3-16,19-20,32-33H,17-18H2,1-2H3. The van der Waals surface area contributed by atoms with Crippen LogP contribution in [0.4, 0.5) is 0 Å². The van der Waals surface area contributed by atoms with Gasteiger partial charge in [-0.3, -0.25) is 0 Å². The molecule has 4 nitrogen and oxygen atoms in total. The van der Waals surface area contributed by atoms with E-state index in [2.05, 4.69) is 81.1 Å². The Morgan fingerprint density at radius 2 is 0.973 bits per heavy atom. The second kappa shape index (κ2) is 10.3. The average molecular weight is 521 g/mol. The third-order valence-corrected chi connectivity index (χ3v) is 7.80. The molecule has 0 aromatic heterocycles. The summed E-state index contributed by atoms with van der Waals surface area (Å²) in [5.74, 6) is 1.32. The van der Waals surface area contributed by atoms with Crippen LogP contribution in [0, 0.1) is 0 Å². The van der Waals surface area contributed by atoms with Gasteiger partial charge in [0.2, 0.25) is 0 Å². The zero-order valence-corrected chi connectivity index (χ0v) is 22.9. The van der Waals surface area contributed by atoms with Gasteiger partial charge in [0.05, 0.1) is 38.1 Å². The van der Waals surface area contributed by atoms with E-state index in [-0.39, 0.29) is 13.2 Å². The molecule has 5 rings (SSSR count). The normalized spacial score (nSPS) is 15.0. The van der Waals surface area contributed by atoms with E-state index >= 15 is 0 Å². The van der Waals surface area contributed by atoms with Crippen LogP contribution in [0.2, 0.25) is 0 Å². The van der Waals surface area contributed by atoms with E-state index in [1.54, 1.807) is 13.8 Å². The van der Waals surface area contributed by atoms with Crippen LogP contribution in [0.1, 0.15) is 36.1 Å². The van der Waals surface area contributed by atoms with Crippen LogP contribution in [-0.2, 0) is 5.41 Å². The van der Waals surface area contributed by atoms with Gasteiger partial charge in [0, 0.05) is 0 Å². The molecule has 0 saturated carbocycles. The summed E-state index contributed by atoms with van der Waals surface area (Å²) in [5.41, 5.74) is 5.96. The summed E-state index contributed by atoms with van der Waals surface area (Å²) in [4.78, 5) is 0. The van der Waals surface area contributed by atoms with Crippen LogP contribution in [0.25, 0.3) is 11.1 Å². The van der Waals surface area contributed by atoms with Gasteiger partial charge in [-0.2, -0.15) is 0 Å². The lowest BCUT2D eigenvalue weighted by Crippen LogP contribution is -2.39. The predicted octanol–water partition coefficient (Wildman–Crippen LogP) is 3.16. The number of ether oxygens (including phenoxy) is 2. The molecule has 6 heteroatoms. The number of aliphatic hydroxyl groups is 2. The molecule has 4 aromatic carbocycles. The fraction of sp³-hybridized carbons (Fsp3) is 0.226. The van der Waals surface area contributed by atoms with Crippen molar-refractivity contribution in [1.29, 1.82) is 0 Å². The number of benzene rings is 4. The molecule has 0 aliphatic heterocycles. The summed E-state index contributed by atoms with van der Waals surface area (Å²) < 4.78 is 12.0. The molecule has 0 bridgehead atoms. The van der Waals surface area contributed by atoms with Crippen molar-refractivity contribution in [3.8, 4) is 22.6 Å². The average Bonchev–Trinajstić information content (AvgIpc) is 3.18. The molecule has 2 unspecified atom stereocenters. The van der Waals surface area contributed by atoms with E-state index in [9.17, 15) is 10.2 Å². The minimum absolute atomic E-state index is 0.188. The van der Waals surface area contributed by atoms with Crippen molar-refractivity contribution in [2.24, 2.45) is 0 Å². The summed E-state index contributed by atoms with van der Waals surface area (Å²) in [6.45, 7) is 3.79. The van der Waals surface area contributed by atoms with Gasteiger partial charge in [-0.05, 0) is 69.7 Å². The first-order valence-electron chi connectivity index (χ1n) is 12.4. The van der Waals surface area contributed by atoms with Gasteiger partial charge < -0.3 is 19.7 Å².